The van der Waals surface area contributed by atoms with Crippen LogP contribution in [-0.2, 0) is 6.42 Å². The molecule has 0 unspecified atom stereocenters. The minimum atomic E-state index is -1.61. The van der Waals surface area contributed by atoms with Crippen LogP contribution in [0.1, 0.15) is 25.8 Å². The summed E-state index contributed by atoms with van der Waals surface area (Å²) in [6.07, 6.45) is 2.16. The van der Waals surface area contributed by atoms with Gasteiger partial charge in [0.15, 0.2) is 17.5 Å². The molecular formula is C28H22BrF5. The fourth-order valence-electron chi connectivity index (χ4n) is 3.32. The van der Waals surface area contributed by atoms with Gasteiger partial charge in [0.1, 0.15) is 11.6 Å². The van der Waals surface area contributed by atoms with Crippen molar-refractivity contribution in [2.24, 2.45) is 0 Å². The van der Waals surface area contributed by atoms with Crippen molar-refractivity contribution in [3.05, 3.63) is 117 Å². The summed E-state index contributed by atoms with van der Waals surface area (Å²) >= 11 is 2.70. The molecule has 4 aromatic carbocycles. The van der Waals surface area contributed by atoms with Crippen molar-refractivity contribution in [2.45, 2.75) is 26.7 Å². The summed E-state index contributed by atoms with van der Waals surface area (Å²) in [7, 11) is 0. The largest absolute Gasteiger partial charge is 0.207 e. The van der Waals surface area contributed by atoms with Crippen molar-refractivity contribution in [1.82, 2.24) is 0 Å². The Morgan fingerprint density at radius 3 is 1.94 bits per heavy atom. The fraction of sp³-hybridized carbons (Fsp3) is 0.143. The van der Waals surface area contributed by atoms with E-state index in [1.54, 1.807) is 25.1 Å². The maximum atomic E-state index is 14.5. The van der Waals surface area contributed by atoms with Crippen molar-refractivity contribution >= 4 is 15.9 Å². The van der Waals surface area contributed by atoms with Gasteiger partial charge >= 0.3 is 0 Å². The predicted octanol–water partition coefficient (Wildman–Crippen LogP) is 9.43. The Morgan fingerprint density at radius 2 is 1.32 bits per heavy atom. The molecule has 4 rings (SSSR count). The van der Waals surface area contributed by atoms with Crippen molar-refractivity contribution in [2.75, 3.05) is 0 Å². The Kier molecular flexibility index (Phi) is 8.12. The topological polar surface area (TPSA) is 0 Å². The van der Waals surface area contributed by atoms with Gasteiger partial charge in [0.05, 0.1) is 1.37 Å². The smallest absolute Gasteiger partial charge is 0.194 e. The number of rotatable bonds is 4. The zero-order valence-electron chi connectivity index (χ0n) is 19.5. The molecule has 0 aromatic heterocycles. The second kappa shape index (κ2) is 11.4. The highest BCUT2D eigenvalue weighted by atomic mass is 79.9. The van der Waals surface area contributed by atoms with Crippen LogP contribution < -0.4 is 0 Å². The number of aryl methyl sites for hydroxylation is 2. The molecule has 0 spiro atoms. The third-order valence-electron chi connectivity index (χ3n) is 5.16. The van der Waals surface area contributed by atoms with E-state index in [0.29, 0.717) is 22.8 Å². The average molecular weight is 534 g/mol. The monoisotopic (exact) mass is 533 g/mol. The molecule has 0 bridgehead atoms. The Bertz CT molecular complexity index is 1310. The first-order chi connectivity index (χ1) is 16.6. The minimum absolute atomic E-state index is 0.103. The van der Waals surface area contributed by atoms with E-state index in [2.05, 4.69) is 35.0 Å². The lowest BCUT2D eigenvalue weighted by atomic mass is 9.98. The van der Waals surface area contributed by atoms with E-state index in [-0.39, 0.29) is 16.1 Å². The Hall–Kier alpha value is -2.99. The van der Waals surface area contributed by atoms with Gasteiger partial charge in [-0.3, -0.25) is 0 Å². The molecule has 0 aliphatic rings. The van der Waals surface area contributed by atoms with Crippen LogP contribution in [-0.4, -0.2) is 0 Å². The van der Waals surface area contributed by atoms with E-state index >= 15 is 0 Å². The summed E-state index contributed by atoms with van der Waals surface area (Å²) in [5.74, 6) is -5.05. The van der Waals surface area contributed by atoms with E-state index in [1.807, 2.05) is 18.2 Å². The molecule has 176 valence electrons. The van der Waals surface area contributed by atoms with Gasteiger partial charge in [-0.05, 0) is 65.4 Å². The molecule has 0 atom stereocenters. The van der Waals surface area contributed by atoms with E-state index in [1.165, 1.54) is 17.7 Å². The van der Waals surface area contributed by atoms with Crippen LogP contribution in [0.4, 0.5) is 22.0 Å². The molecule has 34 heavy (non-hydrogen) atoms. The summed E-state index contributed by atoms with van der Waals surface area (Å²) in [4.78, 5) is 0. The highest BCUT2D eigenvalue weighted by molar-refractivity contribution is 9.10. The van der Waals surface area contributed by atoms with Crippen LogP contribution in [0.2, 0.25) is 0 Å². The molecule has 0 N–H and O–H groups in total. The average Bonchev–Trinajstić information content (AvgIpc) is 2.84. The summed E-state index contributed by atoms with van der Waals surface area (Å²) in [6, 6.07) is 18.1. The molecule has 6 heteroatoms. The Morgan fingerprint density at radius 1 is 0.706 bits per heavy atom. The molecule has 0 amide bonds. The van der Waals surface area contributed by atoms with Crippen molar-refractivity contribution in [3.63, 3.8) is 0 Å². The highest BCUT2D eigenvalue weighted by Crippen LogP contribution is 2.29. The minimum Gasteiger partial charge on any atom is -0.207 e. The van der Waals surface area contributed by atoms with Crippen molar-refractivity contribution < 1.29 is 23.3 Å². The third kappa shape index (κ3) is 6.32. The number of hydrogen-bond acceptors (Lipinski definition) is 0. The molecular weight excluding hydrogens is 511 g/mol. The van der Waals surface area contributed by atoms with Gasteiger partial charge in [-0.2, -0.15) is 0 Å². The van der Waals surface area contributed by atoms with Gasteiger partial charge in [-0.15, -0.1) is 0 Å². The molecule has 0 fully saturated rings. The number of hydrogen-bond donors (Lipinski definition) is 0. The summed E-state index contributed by atoms with van der Waals surface area (Å²) < 4.78 is 72.0. The van der Waals surface area contributed by atoms with Gasteiger partial charge in [-0.25, -0.2) is 22.0 Å². The molecule has 0 radical (unpaired) electrons. The van der Waals surface area contributed by atoms with Crippen LogP contribution >= 0.6 is 15.9 Å². The number of benzene rings is 4. The Balaban J connectivity index is 0.000000261. The molecule has 0 aliphatic carbocycles. The van der Waals surface area contributed by atoms with Gasteiger partial charge in [0.25, 0.3) is 0 Å². The van der Waals surface area contributed by atoms with Gasteiger partial charge < -0.3 is 0 Å². The van der Waals surface area contributed by atoms with Crippen LogP contribution in [0.15, 0.2) is 77.2 Å². The number of halogens is 6. The molecule has 0 nitrogen and oxygen atoms in total. The lowest BCUT2D eigenvalue weighted by molar-refractivity contribution is 0.446. The zero-order valence-corrected chi connectivity index (χ0v) is 20.1. The van der Waals surface area contributed by atoms with E-state index < -0.39 is 23.5 Å². The second-order valence-corrected chi connectivity index (χ2v) is 8.55. The molecule has 4 aromatic rings. The molecule has 0 saturated carbocycles. The Labute approximate surface area is 205 Å². The standard InChI is InChI=1S/C22H20F2.C6H2BrF3/c1-3-4-16-6-9-17(10-7-16)18-11-12-20(22(24)13-18)19-8-5-15(2)21(23)14-19;7-3-1-4(8)6(10)5(9)2-3/h5-14H,3-4H2,1-2H3;1-2H/i;1D. The lowest BCUT2D eigenvalue weighted by Gasteiger charge is -2.09. The maximum absolute atomic E-state index is 14.5. The van der Waals surface area contributed by atoms with E-state index in [0.717, 1.165) is 24.0 Å². The van der Waals surface area contributed by atoms with E-state index in [9.17, 15) is 22.0 Å². The van der Waals surface area contributed by atoms with Crippen molar-refractivity contribution in [1.29, 1.82) is 0 Å². The summed E-state index contributed by atoms with van der Waals surface area (Å²) in [5, 5.41) is 0. The van der Waals surface area contributed by atoms with Gasteiger partial charge in [0, 0.05) is 10.0 Å². The first-order valence-electron chi connectivity index (χ1n) is 11.1. The molecule has 0 heterocycles. The van der Waals surface area contributed by atoms with Gasteiger partial charge in [0.2, 0.25) is 0 Å². The maximum Gasteiger partial charge on any atom is 0.194 e. The van der Waals surface area contributed by atoms with Crippen molar-refractivity contribution in [3.8, 4) is 22.3 Å². The molecule has 0 saturated heterocycles. The summed E-state index contributed by atoms with van der Waals surface area (Å²) in [6.45, 7) is 3.84. The predicted molar refractivity (Wildman–Crippen MR) is 130 cm³/mol. The first kappa shape index (κ1) is 24.1. The third-order valence-corrected chi connectivity index (χ3v) is 5.59. The van der Waals surface area contributed by atoms with Gasteiger partial charge in [-0.1, -0.05) is 77.8 Å². The van der Waals surface area contributed by atoms with Crippen LogP contribution in [0.3, 0.4) is 0 Å². The normalized spacial score (nSPS) is 11.0. The lowest BCUT2D eigenvalue weighted by Crippen LogP contribution is -1.89. The van der Waals surface area contributed by atoms with Crippen LogP contribution in [0.25, 0.3) is 22.3 Å². The SMILES string of the molecule is CCCc1ccc(-c2ccc(-c3ccc(C)c(F)c3)c(F)c2)cc1.[2H]c1c(Br)cc(F)c(F)c1F. The second-order valence-electron chi connectivity index (χ2n) is 7.70. The highest BCUT2D eigenvalue weighted by Gasteiger charge is 2.10. The van der Waals surface area contributed by atoms with E-state index in [4.69, 9.17) is 1.37 Å². The zero-order chi connectivity index (χ0) is 25.7. The summed E-state index contributed by atoms with van der Waals surface area (Å²) in [5.41, 5.74) is 4.62. The first-order valence-corrected chi connectivity index (χ1v) is 11.4. The molecule has 0 aliphatic heterocycles. The quantitative estimate of drug-likeness (QED) is 0.139. The van der Waals surface area contributed by atoms with Crippen LogP contribution in [0, 0.1) is 36.0 Å². The van der Waals surface area contributed by atoms with Crippen LogP contribution in [0.5, 0.6) is 0 Å². The fourth-order valence-corrected chi connectivity index (χ4v) is 3.69.